The number of benzene rings is 1. The Labute approximate surface area is 151 Å². The Morgan fingerprint density at radius 2 is 2.12 bits per heavy atom. The van der Waals surface area contributed by atoms with Crippen LogP contribution in [0.3, 0.4) is 0 Å². The first kappa shape index (κ1) is 17.8. The number of quaternary nitrogens is 1. The first-order valence-corrected chi connectivity index (χ1v) is 9.69. The summed E-state index contributed by atoms with van der Waals surface area (Å²) in [5.41, 5.74) is 1.06. The molecule has 2 atom stereocenters. The molecular weight excluding hydrogens is 336 g/mol. The molecule has 0 aliphatic carbocycles. The van der Waals surface area contributed by atoms with Crippen LogP contribution in [0.5, 0.6) is 0 Å². The second-order valence-electron chi connectivity index (χ2n) is 6.47. The first-order valence-electron chi connectivity index (χ1n) is 8.88. The number of hydrogen-bond acceptors (Lipinski definition) is 4. The highest BCUT2D eigenvalue weighted by molar-refractivity contribution is 7.18. The maximum Gasteiger partial charge on any atom is 0.275 e. The number of nitrogens with zero attached hydrogens (tertiary/aromatic N) is 1. The number of fused-ring (bicyclic) bond motifs is 1. The number of likely N-dealkylation sites (tertiary alicyclic amines) is 1. The van der Waals surface area contributed by atoms with Gasteiger partial charge >= 0.3 is 0 Å². The van der Waals surface area contributed by atoms with Crippen LogP contribution in [0.2, 0.25) is 0 Å². The minimum Gasteiger partial charge on any atom is -0.355 e. The largest absolute Gasteiger partial charge is 0.355 e. The van der Waals surface area contributed by atoms with Crippen LogP contribution in [0.1, 0.15) is 30.7 Å². The number of rotatable bonds is 6. The van der Waals surface area contributed by atoms with Crippen molar-refractivity contribution in [2.75, 3.05) is 32.7 Å². The number of amides is 2. The molecule has 3 N–H and O–H groups in total. The quantitative estimate of drug-likeness (QED) is 0.693. The fourth-order valence-corrected chi connectivity index (χ4v) is 4.42. The average Bonchev–Trinajstić information content (AvgIpc) is 3.05. The van der Waals surface area contributed by atoms with Crippen LogP contribution in [-0.4, -0.2) is 49.5 Å². The van der Waals surface area contributed by atoms with Crippen LogP contribution in [0.4, 0.5) is 0 Å². The van der Waals surface area contributed by atoms with Crippen molar-refractivity contribution in [1.82, 2.24) is 15.6 Å². The van der Waals surface area contributed by atoms with E-state index in [0.717, 1.165) is 31.4 Å². The van der Waals surface area contributed by atoms with Crippen molar-refractivity contribution in [3.8, 4) is 0 Å². The second kappa shape index (κ2) is 8.40. The molecule has 1 saturated heterocycles. The molecule has 1 aliphatic heterocycles. The van der Waals surface area contributed by atoms with Gasteiger partial charge in [0, 0.05) is 6.54 Å². The molecule has 6 nitrogen and oxygen atoms in total. The SMILES string of the molecule is CCNC(=O)CNC(=O)C[NH+]1CCC[C@@H](c2nc3ccccc3s2)C1. The Morgan fingerprint density at radius 3 is 2.92 bits per heavy atom. The molecule has 0 radical (unpaired) electrons. The van der Waals surface area contributed by atoms with E-state index in [0.29, 0.717) is 19.0 Å². The maximum atomic E-state index is 12.1. The number of thiazole rings is 1. The first-order chi connectivity index (χ1) is 12.2. The number of para-hydroxylation sites is 1. The van der Waals surface area contributed by atoms with Gasteiger partial charge in [-0.3, -0.25) is 9.59 Å². The predicted octanol–water partition coefficient (Wildman–Crippen LogP) is 0.311. The Hall–Kier alpha value is -1.99. The summed E-state index contributed by atoms with van der Waals surface area (Å²) in [7, 11) is 0. The van der Waals surface area contributed by atoms with Crippen LogP contribution in [0.25, 0.3) is 10.2 Å². The molecule has 25 heavy (non-hydrogen) atoms. The number of likely N-dealkylation sites (N-methyl/N-ethyl adjacent to an activating group) is 1. The van der Waals surface area contributed by atoms with Gasteiger partial charge in [0.2, 0.25) is 5.91 Å². The molecule has 2 heterocycles. The topological polar surface area (TPSA) is 75.5 Å². The molecule has 1 aromatic carbocycles. The minimum atomic E-state index is -0.142. The molecule has 2 aromatic rings. The van der Waals surface area contributed by atoms with Gasteiger partial charge in [0.05, 0.1) is 35.8 Å². The second-order valence-corrected chi connectivity index (χ2v) is 7.53. The lowest BCUT2D eigenvalue weighted by atomic mass is 9.99. The lowest BCUT2D eigenvalue weighted by Gasteiger charge is -2.28. The summed E-state index contributed by atoms with van der Waals surface area (Å²) in [4.78, 5) is 29.6. The van der Waals surface area contributed by atoms with Crippen molar-refractivity contribution in [2.45, 2.75) is 25.7 Å². The molecule has 0 bridgehead atoms. The van der Waals surface area contributed by atoms with Crippen molar-refractivity contribution in [1.29, 1.82) is 0 Å². The zero-order valence-corrected chi connectivity index (χ0v) is 15.3. The zero-order chi connectivity index (χ0) is 17.6. The van der Waals surface area contributed by atoms with Crippen LogP contribution in [0, 0.1) is 0 Å². The smallest absolute Gasteiger partial charge is 0.275 e. The van der Waals surface area contributed by atoms with Gasteiger partial charge in [-0.05, 0) is 31.9 Å². The van der Waals surface area contributed by atoms with E-state index in [2.05, 4.69) is 22.8 Å². The molecule has 134 valence electrons. The van der Waals surface area contributed by atoms with Gasteiger partial charge < -0.3 is 15.5 Å². The van der Waals surface area contributed by atoms with Gasteiger partial charge in [-0.1, -0.05) is 12.1 Å². The molecular formula is C18H25N4O2S+. The van der Waals surface area contributed by atoms with Crippen molar-refractivity contribution in [3.05, 3.63) is 29.3 Å². The number of hydrogen-bond donors (Lipinski definition) is 3. The molecule has 2 amide bonds. The van der Waals surface area contributed by atoms with Gasteiger partial charge in [-0.2, -0.15) is 0 Å². The monoisotopic (exact) mass is 361 g/mol. The highest BCUT2D eigenvalue weighted by Gasteiger charge is 2.28. The third kappa shape index (κ3) is 4.76. The molecule has 3 rings (SSSR count). The Morgan fingerprint density at radius 1 is 1.28 bits per heavy atom. The summed E-state index contributed by atoms with van der Waals surface area (Å²) in [6.07, 6.45) is 2.23. The molecule has 7 heteroatoms. The van der Waals surface area contributed by atoms with E-state index in [1.807, 2.05) is 19.1 Å². The third-order valence-electron chi connectivity index (χ3n) is 4.51. The zero-order valence-electron chi connectivity index (χ0n) is 14.5. The van der Waals surface area contributed by atoms with Crippen molar-refractivity contribution in [3.63, 3.8) is 0 Å². The lowest BCUT2D eigenvalue weighted by Crippen LogP contribution is -3.14. The fourth-order valence-electron chi connectivity index (χ4n) is 3.32. The van der Waals surface area contributed by atoms with Gasteiger partial charge in [-0.15, -0.1) is 11.3 Å². The van der Waals surface area contributed by atoms with Gasteiger partial charge in [0.1, 0.15) is 5.01 Å². The Bertz CT molecular complexity index is 713. The van der Waals surface area contributed by atoms with Crippen LogP contribution in [-0.2, 0) is 9.59 Å². The summed E-state index contributed by atoms with van der Waals surface area (Å²) in [6, 6.07) is 8.22. The molecule has 0 saturated carbocycles. The van der Waals surface area contributed by atoms with E-state index < -0.39 is 0 Å². The lowest BCUT2D eigenvalue weighted by molar-refractivity contribution is -0.898. The minimum absolute atomic E-state index is 0.0568. The number of carbonyl (C=O) groups is 2. The number of piperidine rings is 1. The molecule has 1 aromatic heterocycles. The number of aromatic nitrogens is 1. The van der Waals surface area contributed by atoms with Crippen molar-refractivity contribution >= 4 is 33.4 Å². The van der Waals surface area contributed by atoms with E-state index in [-0.39, 0.29) is 18.4 Å². The van der Waals surface area contributed by atoms with E-state index in [4.69, 9.17) is 4.98 Å². The van der Waals surface area contributed by atoms with E-state index in [1.165, 1.54) is 14.6 Å². The van der Waals surface area contributed by atoms with E-state index in [1.54, 1.807) is 11.3 Å². The summed E-state index contributed by atoms with van der Waals surface area (Å²) in [5, 5.41) is 6.57. The molecule has 0 spiro atoms. The van der Waals surface area contributed by atoms with Crippen LogP contribution >= 0.6 is 11.3 Å². The highest BCUT2D eigenvalue weighted by atomic mass is 32.1. The summed E-state index contributed by atoms with van der Waals surface area (Å²) < 4.78 is 1.23. The van der Waals surface area contributed by atoms with Crippen LogP contribution < -0.4 is 15.5 Å². The molecule has 1 fully saturated rings. The van der Waals surface area contributed by atoms with Crippen LogP contribution in [0.15, 0.2) is 24.3 Å². The summed E-state index contributed by atoms with van der Waals surface area (Å²) >= 11 is 1.77. The summed E-state index contributed by atoms with van der Waals surface area (Å²) in [5.74, 6) is 0.209. The maximum absolute atomic E-state index is 12.1. The summed E-state index contributed by atoms with van der Waals surface area (Å²) in [6.45, 7) is 4.84. The normalized spacial score (nSPS) is 20.4. The Balaban J connectivity index is 1.54. The molecule has 1 unspecified atom stereocenters. The fraction of sp³-hybridized carbons (Fsp3) is 0.500. The predicted molar refractivity (Wildman–Crippen MR) is 98.9 cm³/mol. The van der Waals surface area contributed by atoms with E-state index >= 15 is 0 Å². The Kier molecular flexibility index (Phi) is 5.99. The van der Waals surface area contributed by atoms with Crippen molar-refractivity contribution in [2.24, 2.45) is 0 Å². The standard InChI is InChI=1S/C18H24N4O2S/c1-2-19-16(23)10-20-17(24)12-22-9-5-6-13(11-22)18-21-14-7-3-4-8-15(14)25-18/h3-4,7-8,13H,2,5-6,9-12H2,1H3,(H,19,23)(H,20,24)/p+1/t13-/m1/s1. The highest BCUT2D eigenvalue weighted by Crippen LogP contribution is 2.30. The van der Waals surface area contributed by atoms with Gasteiger partial charge in [0.25, 0.3) is 5.91 Å². The van der Waals surface area contributed by atoms with Gasteiger partial charge in [0.15, 0.2) is 6.54 Å². The molecule has 1 aliphatic rings. The third-order valence-corrected chi connectivity index (χ3v) is 5.71. The number of nitrogens with one attached hydrogen (secondary N) is 3. The van der Waals surface area contributed by atoms with Gasteiger partial charge in [-0.25, -0.2) is 4.98 Å². The van der Waals surface area contributed by atoms with Crippen molar-refractivity contribution < 1.29 is 14.5 Å². The number of carbonyl (C=O) groups excluding carboxylic acids is 2. The average molecular weight is 361 g/mol. The van der Waals surface area contributed by atoms with E-state index in [9.17, 15) is 9.59 Å².